The Bertz CT molecular complexity index is 840. The van der Waals surface area contributed by atoms with Gasteiger partial charge in [-0.25, -0.2) is 0 Å². The molecule has 0 spiro atoms. The molecule has 0 fully saturated rings. The van der Waals surface area contributed by atoms with Gasteiger partial charge in [0, 0.05) is 15.7 Å². The van der Waals surface area contributed by atoms with Crippen LogP contribution in [0.25, 0.3) is 0 Å². The highest BCUT2D eigenvalue weighted by Gasteiger charge is 2.08. The van der Waals surface area contributed by atoms with Crippen molar-refractivity contribution in [2.45, 2.75) is 10.6 Å². The summed E-state index contributed by atoms with van der Waals surface area (Å²) in [5.74, 6) is 1.04. The van der Waals surface area contributed by atoms with Crippen LogP contribution in [0.2, 0.25) is 15.6 Å². The number of aromatic nitrogens is 3. The summed E-state index contributed by atoms with van der Waals surface area (Å²) in [6.07, 6.45) is 0. The molecule has 0 aliphatic rings. The van der Waals surface area contributed by atoms with Crippen LogP contribution in [0.4, 0.5) is 11.6 Å². The Kier molecular flexibility index (Phi) is 5.79. The molecule has 24 heavy (non-hydrogen) atoms. The van der Waals surface area contributed by atoms with E-state index in [4.69, 9.17) is 34.8 Å². The second kappa shape index (κ2) is 8.03. The number of halogens is 3. The summed E-state index contributed by atoms with van der Waals surface area (Å²) in [4.78, 5) is 12.8. The zero-order chi connectivity index (χ0) is 16.9. The smallest absolute Gasteiger partial charge is 0.232 e. The molecule has 1 N–H and O–H groups in total. The molecular weight excluding hydrogens is 387 g/mol. The molecule has 0 saturated heterocycles. The first kappa shape index (κ1) is 17.3. The molecule has 4 nitrogen and oxygen atoms in total. The molecule has 1 aromatic heterocycles. The van der Waals surface area contributed by atoms with Crippen LogP contribution in [0.3, 0.4) is 0 Å². The van der Waals surface area contributed by atoms with Gasteiger partial charge in [0.15, 0.2) is 0 Å². The van der Waals surface area contributed by atoms with Crippen molar-refractivity contribution in [1.29, 1.82) is 0 Å². The second-order valence-corrected chi connectivity index (χ2v) is 6.80. The van der Waals surface area contributed by atoms with Gasteiger partial charge in [-0.15, -0.1) is 11.8 Å². The van der Waals surface area contributed by atoms with Gasteiger partial charge in [-0.1, -0.05) is 41.9 Å². The third-order valence-corrected chi connectivity index (χ3v) is 4.88. The number of anilines is 2. The van der Waals surface area contributed by atoms with E-state index in [9.17, 15) is 0 Å². The van der Waals surface area contributed by atoms with E-state index in [0.29, 0.717) is 5.95 Å². The van der Waals surface area contributed by atoms with E-state index < -0.39 is 0 Å². The molecule has 0 unspecified atom stereocenters. The third-order valence-electron chi connectivity index (χ3n) is 3.06. The number of para-hydroxylation sites is 1. The molecule has 0 saturated carbocycles. The Morgan fingerprint density at radius 3 is 2.25 bits per heavy atom. The van der Waals surface area contributed by atoms with Gasteiger partial charge in [-0.05, 0) is 47.0 Å². The fourth-order valence-corrected chi connectivity index (χ4v) is 3.63. The molecule has 122 valence electrons. The van der Waals surface area contributed by atoms with E-state index in [1.54, 1.807) is 11.8 Å². The zero-order valence-electron chi connectivity index (χ0n) is 12.2. The lowest BCUT2D eigenvalue weighted by atomic mass is 10.2. The summed E-state index contributed by atoms with van der Waals surface area (Å²) in [6, 6.07) is 15.6. The highest BCUT2D eigenvalue weighted by atomic mass is 35.5. The average Bonchev–Trinajstić information content (AvgIpc) is 2.54. The average molecular weight is 398 g/mol. The minimum Gasteiger partial charge on any atom is -0.323 e. The van der Waals surface area contributed by atoms with Crippen LogP contribution < -0.4 is 5.32 Å². The first-order valence-electron chi connectivity index (χ1n) is 6.91. The fourth-order valence-electron chi connectivity index (χ4n) is 1.97. The van der Waals surface area contributed by atoms with E-state index in [-0.39, 0.29) is 10.6 Å². The monoisotopic (exact) mass is 396 g/mol. The van der Waals surface area contributed by atoms with Gasteiger partial charge in [0.25, 0.3) is 0 Å². The summed E-state index contributed by atoms with van der Waals surface area (Å²) >= 11 is 19.5. The SMILES string of the molecule is Clc1nc(Cl)nc(Nc2ccccc2SCc2ccccc2Cl)n1. The minimum atomic E-state index is 0.0405. The maximum Gasteiger partial charge on any atom is 0.232 e. The lowest BCUT2D eigenvalue weighted by molar-refractivity contribution is 1.05. The van der Waals surface area contributed by atoms with Crippen LogP contribution in [-0.4, -0.2) is 15.0 Å². The van der Waals surface area contributed by atoms with Gasteiger partial charge < -0.3 is 5.32 Å². The van der Waals surface area contributed by atoms with E-state index in [2.05, 4.69) is 20.3 Å². The summed E-state index contributed by atoms with van der Waals surface area (Å²) in [7, 11) is 0. The molecule has 0 aliphatic heterocycles. The van der Waals surface area contributed by atoms with Crippen LogP contribution in [0.5, 0.6) is 0 Å². The summed E-state index contributed by atoms with van der Waals surface area (Å²) in [5, 5.41) is 3.96. The van der Waals surface area contributed by atoms with Gasteiger partial charge >= 0.3 is 0 Å². The molecule has 0 bridgehead atoms. The van der Waals surface area contributed by atoms with Crippen molar-refractivity contribution in [3.63, 3.8) is 0 Å². The number of nitrogens with one attached hydrogen (secondary N) is 1. The molecule has 0 aliphatic carbocycles. The van der Waals surface area contributed by atoms with Crippen molar-refractivity contribution >= 4 is 58.2 Å². The maximum atomic E-state index is 6.21. The molecule has 8 heteroatoms. The normalized spacial score (nSPS) is 10.6. The zero-order valence-corrected chi connectivity index (χ0v) is 15.3. The van der Waals surface area contributed by atoms with Crippen LogP contribution >= 0.6 is 46.6 Å². The lowest BCUT2D eigenvalue weighted by Gasteiger charge is -2.11. The number of hydrogen-bond acceptors (Lipinski definition) is 5. The van der Waals surface area contributed by atoms with E-state index >= 15 is 0 Å². The Morgan fingerprint density at radius 2 is 1.50 bits per heavy atom. The minimum absolute atomic E-state index is 0.0405. The van der Waals surface area contributed by atoms with Crippen LogP contribution in [-0.2, 0) is 5.75 Å². The Balaban J connectivity index is 1.79. The molecular formula is C16H11Cl3N4S. The van der Waals surface area contributed by atoms with Gasteiger partial charge in [0.05, 0.1) is 5.69 Å². The molecule has 0 amide bonds. The topological polar surface area (TPSA) is 50.7 Å². The third kappa shape index (κ3) is 4.51. The molecule has 3 rings (SSSR count). The van der Waals surface area contributed by atoms with Crippen molar-refractivity contribution in [3.05, 3.63) is 69.7 Å². The quantitative estimate of drug-likeness (QED) is 0.546. The predicted octanol–water partition coefficient (Wildman–Crippen LogP) is 5.87. The highest BCUT2D eigenvalue weighted by molar-refractivity contribution is 7.98. The Labute approximate surface area is 158 Å². The largest absolute Gasteiger partial charge is 0.323 e. The van der Waals surface area contributed by atoms with Crippen molar-refractivity contribution in [2.75, 3.05) is 5.32 Å². The van der Waals surface area contributed by atoms with Gasteiger partial charge in [0.2, 0.25) is 16.5 Å². The van der Waals surface area contributed by atoms with Crippen LogP contribution in [0, 0.1) is 0 Å². The van der Waals surface area contributed by atoms with Gasteiger partial charge in [-0.2, -0.15) is 15.0 Å². The fraction of sp³-hybridized carbons (Fsp3) is 0.0625. The molecule has 3 aromatic rings. The van der Waals surface area contributed by atoms with Crippen LogP contribution in [0.15, 0.2) is 53.4 Å². The molecule has 1 heterocycles. The molecule has 0 atom stereocenters. The van der Waals surface area contributed by atoms with Gasteiger partial charge in [0.1, 0.15) is 0 Å². The number of nitrogens with zero attached hydrogens (tertiary/aromatic N) is 3. The highest BCUT2D eigenvalue weighted by Crippen LogP contribution is 2.32. The number of benzene rings is 2. The van der Waals surface area contributed by atoms with Crippen molar-refractivity contribution in [1.82, 2.24) is 15.0 Å². The van der Waals surface area contributed by atoms with E-state index in [1.807, 2.05) is 48.5 Å². The molecule has 2 aromatic carbocycles. The van der Waals surface area contributed by atoms with Crippen molar-refractivity contribution in [3.8, 4) is 0 Å². The van der Waals surface area contributed by atoms with E-state index in [0.717, 1.165) is 26.9 Å². The number of hydrogen-bond donors (Lipinski definition) is 1. The predicted molar refractivity (Wildman–Crippen MR) is 101 cm³/mol. The molecule has 0 radical (unpaired) electrons. The number of thioether (sulfide) groups is 1. The van der Waals surface area contributed by atoms with Crippen molar-refractivity contribution < 1.29 is 0 Å². The first-order valence-corrected chi connectivity index (χ1v) is 9.03. The Hall–Kier alpha value is -1.53. The standard InChI is InChI=1S/C16H11Cl3N4S/c17-11-6-2-1-5-10(11)9-24-13-8-4-3-7-12(13)20-16-22-14(18)21-15(19)23-16/h1-8H,9H2,(H,20,21,22,23). The number of rotatable bonds is 5. The second-order valence-electron chi connectivity index (χ2n) is 4.70. The lowest BCUT2D eigenvalue weighted by Crippen LogP contribution is -2.00. The maximum absolute atomic E-state index is 6.21. The van der Waals surface area contributed by atoms with Gasteiger partial charge in [-0.3, -0.25) is 0 Å². The summed E-state index contributed by atoms with van der Waals surface area (Å²) in [6.45, 7) is 0. The van der Waals surface area contributed by atoms with Crippen molar-refractivity contribution in [2.24, 2.45) is 0 Å². The summed E-state index contributed by atoms with van der Waals surface area (Å²) < 4.78 is 0. The summed E-state index contributed by atoms with van der Waals surface area (Å²) in [5.41, 5.74) is 1.93. The first-order chi connectivity index (χ1) is 11.6. The Morgan fingerprint density at radius 1 is 0.833 bits per heavy atom. The van der Waals surface area contributed by atoms with E-state index in [1.165, 1.54) is 0 Å². The van der Waals surface area contributed by atoms with Crippen LogP contribution in [0.1, 0.15) is 5.56 Å².